The summed E-state index contributed by atoms with van der Waals surface area (Å²) in [5.41, 5.74) is 2.63. The van der Waals surface area contributed by atoms with Crippen LogP contribution in [0.25, 0.3) is 11.4 Å². The van der Waals surface area contributed by atoms with E-state index in [-0.39, 0.29) is 11.8 Å². The number of rotatable bonds is 4. The van der Waals surface area contributed by atoms with E-state index in [2.05, 4.69) is 27.1 Å². The normalized spacial score (nSPS) is 11.5. The molecule has 0 amide bonds. The van der Waals surface area contributed by atoms with E-state index in [9.17, 15) is 5.11 Å². The summed E-state index contributed by atoms with van der Waals surface area (Å²) in [4.78, 5) is 8.46. The van der Waals surface area contributed by atoms with Gasteiger partial charge in [-0.2, -0.15) is 0 Å². The third-order valence-electron chi connectivity index (χ3n) is 3.89. The zero-order valence-corrected chi connectivity index (χ0v) is 15.0. The van der Waals surface area contributed by atoms with Crippen molar-refractivity contribution in [1.82, 2.24) is 15.3 Å². The Balaban J connectivity index is 1.59. The predicted octanol–water partition coefficient (Wildman–Crippen LogP) is 4.20. The van der Waals surface area contributed by atoms with Crippen LogP contribution in [-0.2, 0) is 0 Å². The van der Waals surface area contributed by atoms with Crippen LogP contribution in [0, 0.1) is 11.8 Å². The molecule has 4 nitrogen and oxygen atoms in total. The first kappa shape index (κ1) is 17.9. The van der Waals surface area contributed by atoms with Crippen LogP contribution in [0.2, 0.25) is 5.02 Å². The molecule has 1 atom stereocenters. The fourth-order valence-corrected chi connectivity index (χ4v) is 2.66. The SMILES string of the molecule is CC(NCC#Cc1ccc(-c2ncccn2)cc1)c1cc(Cl)ccc1O. The molecule has 2 aromatic carbocycles. The monoisotopic (exact) mass is 363 g/mol. The van der Waals surface area contributed by atoms with E-state index in [4.69, 9.17) is 11.6 Å². The molecule has 0 aliphatic rings. The highest BCUT2D eigenvalue weighted by molar-refractivity contribution is 6.30. The molecule has 1 unspecified atom stereocenters. The summed E-state index contributed by atoms with van der Waals surface area (Å²) >= 11 is 5.98. The van der Waals surface area contributed by atoms with Gasteiger partial charge in [0.25, 0.3) is 0 Å². The van der Waals surface area contributed by atoms with Crippen molar-refractivity contribution in [2.45, 2.75) is 13.0 Å². The Labute approximate surface area is 157 Å². The van der Waals surface area contributed by atoms with Crippen LogP contribution in [0.4, 0.5) is 0 Å². The largest absolute Gasteiger partial charge is 0.508 e. The van der Waals surface area contributed by atoms with Gasteiger partial charge in [0.05, 0.1) is 6.54 Å². The van der Waals surface area contributed by atoms with Gasteiger partial charge in [-0.25, -0.2) is 9.97 Å². The summed E-state index contributed by atoms with van der Waals surface area (Å²) in [5, 5.41) is 13.8. The molecule has 0 aliphatic carbocycles. The number of halogens is 1. The van der Waals surface area contributed by atoms with Crippen molar-refractivity contribution < 1.29 is 5.11 Å². The first-order valence-corrected chi connectivity index (χ1v) is 8.59. The maximum atomic E-state index is 9.91. The quantitative estimate of drug-likeness (QED) is 0.682. The van der Waals surface area contributed by atoms with Crippen LogP contribution in [0.1, 0.15) is 24.1 Å². The van der Waals surface area contributed by atoms with E-state index in [1.165, 1.54) is 0 Å². The highest BCUT2D eigenvalue weighted by Crippen LogP contribution is 2.26. The van der Waals surface area contributed by atoms with E-state index < -0.39 is 0 Å². The number of phenolic OH excluding ortho intramolecular Hbond substituents is 1. The number of benzene rings is 2. The molecule has 3 rings (SSSR count). The van der Waals surface area contributed by atoms with Gasteiger partial charge >= 0.3 is 0 Å². The number of hydrogen-bond donors (Lipinski definition) is 2. The van der Waals surface area contributed by atoms with Gasteiger partial charge in [-0.1, -0.05) is 23.4 Å². The van der Waals surface area contributed by atoms with E-state index in [0.717, 1.165) is 16.7 Å². The second kappa shape index (κ2) is 8.48. The van der Waals surface area contributed by atoms with Crippen molar-refractivity contribution in [3.63, 3.8) is 0 Å². The Hall–Kier alpha value is -2.87. The van der Waals surface area contributed by atoms with Crippen LogP contribution < -0.4 is 5.32 Å². The highest BCUT2D eigenvalue weighted by atomic mass is 35.5. The Morgan fingerprint density at radius 1 is 1.12 bits per heavy atom. The zero-order chi connectivity index (χ0) is 18.4. The first-order chi connectivity index (χ1) is 12.6. The summed E-state index contributed by atoms with van der Waals surface area (Å²) in [6.07, 6.45) is 3.45. The van der Waals surface area contributed by atoms with Crippen LogP contribution in [-0.4, -0.2) is 21.6 Å². The second-order valence-corrected chi connectivity index (χ2v) is 6.19. The van der Waals surface area contributed by atoms with Gasteiger partial charge in [0.1, 0.15) is 5.75 Å². The van der Waals surface area contributed by atoms with Gasteiger partial charge in [-0.15, -0.1) is 0 Å². The lowest BCUT2D eigenvalue weighted by atomic mass is 10.1. The van der Waals surface area contributed by atoms with Gasteiger partial charge in [-0.05, 0) is 55.5 Å². The smallest absolute Gasteiger partial charge is 0.159 e. The molecule has 0 saturated heterocycles. The molecule has 1 aromatic heterocycles. The van der Waals surface area contributed by atoms with Crippen LogP contribution in [0.15, 0.2) is 60.9 Å². The molecule has 0 spiro atoms. The number of nitrogens with one attached hydrogen (secondary N) is 1. The Kier molecular flexibility index (Phi) is 5.85. The minimum atomic E-state index is -0.0550. The van der Waals surface area contributed by atoms with Crippen molar-refractivity contribution in [3.05, 3.63) is 77.1 Å². The molecular formula is C21H18ClN3O. The molecule has 0 bridgehead atoms. The van der Waals surface area contributed by atoms with Gasteiger partial charge in [0.2, 0.25) is 0 Å². The molecule has 26 heavy (non-hydrogen) atoms. The van der Waals surface area contributed by atoms with Crippen LogP contribution in [0.3, 0.4) is 0 Å². The summed E-state index contributed by atoms with van der Waals surface area (Å²) in [6.45, 7) is 2.46. The highest BCUT2D eigenvalue weighted by Gasteiger charge is 2.09. The second-order valence-electron chi connectivity index (χ2n) is 5.76. The Bertz CT molecular complexity index is 931. The van der Waals surface area contributed by atoms with Gasteiger partial charge in [0, 0.05) is 40.1 Å². The average molecular weight is 364 g/mol. The van der Waals surface area contributed by atoms with E-state index in [0.29, 0.717) is 17.4 Å². The van der Waals surface area contributed by atoms with Gasteiger partial charge < -0.3 is 5.11 Å². The standard InChI is InChI=1S/C21H18ClN3O/c1-15(19-14-18(22)9-10-20(19)26)23-11-2-4-16-5-7-17(8-6-16)21-24-12-3-13-25-21/h3,5-10,12-15,23,26H,11H2,1H3. The average Bonchev–Trinajstić information content (AvgIpc) is 2.68. The van der Waals surface area contributed by atoms with Gasteiger partial charge in [0.15, 0.2) is 5.82 Å². The number of hydrogen-bond acceptors (Lipinski definition) is 4. The third-order valence-corrected chi connectivity index (χ3v) is 4.13. The summed E-state index contributed by atoms with van der Waals surface area (Å²) in [5.74, 6) is 7.12. The maximum absolute atomic E-state index is 9.91. The molecule has 0 aliphatic heterocycles. The van der Waals surface area contributed by atoms with E-state index in [1.807, 2.05) is 31.2 Å². The topological polar surface area (TPSA) is 58.0 Å². The van der Waals surface area contributed by atoms with Crippen LogP contribution >= 0.6 is 11.6 Å². The molecule has 130 valence electrons. The lowest BCUT2D eigenvalue weighted by Gasteiger charge is -2.14. The minimum absolute atomic E-state index is 0.0550. The van der Waals surface area contributed by atoms with Crippen molar-refractivity contribution >= 4 is 11.6 Å². The Morgan fingerprint density at radius 2 is 1.85 bits per heavy atom. The van der Waals surface area contributed by atoms with E-state index >= 15 is 0 Å². The number of aromatic hydroxyl groups is 1. The van der Waals surface area contributed by atoms with Crippen molar-refractivity contribution in [2.75, 3.05) is 6.54 Å². The Morgan fingerprint density at radius 3 is 2.58 bits per heavy atom. The maximum Gasteiger partial charge on any atom is 0.159 e. The van der Waals surface area contributed by atoms with Crippen LogP contribution in [0.5, 0.6) is 5.75 Å². The number of aromatic nitrogens is 2. The van der Waals surface area contributed by atoms with E-state index in [1.54, 1.807) is 36.7 Å². The lowest BCUT2D eigenvalue weighted by molar-refractivity contribution is 0.456. The molecule has 1 heterocycles. The molecular weight excluding hydrogens is 346 g/mol. The van der Waals surface area contributed by atoms with Gasteiger partial charge in [-0.3, -0.25) is 5.32 Å². The molecule has 5 heteroatoms. The van der Waals surface area contributed by atoms with Crippen molar-refractivity contribution in [1.29, 1.82) is 0 Å². The molecule has 0 radical (unpaired) electrons. The summed E-state index contributed by atoms with van der Waals surface area (Å²) in [7, 11) is 0. The zero-order valence-electron chi connectivity index (χ0n) is 14.3. The minimum Gasteiger partial charge on any atom is -0.508 e. The van der Waals surface area contributed by atoms with Crippen molar-refractivity contribution in [3.8, 4) is 29.0 Å². The third kappa shape index (κ3) is 4.60. The molecule has 2 N–H and O–H groups in total. The number of phenols is 1. The molecule has 0 fully saturated rings. The molecule has 0 saturated carbocycles. The first-order valence-electron chi connectivity index (χ1n) is 8.21. The predicted molar refractivity (Wildman–Crippen MR) is 104 cm³/mol. The fraction of sp³-hybridized carbons (Fsp3) is 0.143. The summed E-state index contributed by atoms with van der Waals surface area (Å²) in [6, 6.07) is 14.6. The van der Waals surface area contributed by atoms with Crippen molar-refractivity contribution in [2.24, 2.45) is 0 Å². The number of nitrogens with zero attached hydrogens (tertiary/aromatic N) is 2. The summed E-state index contributed by atoms with van der Waals surface area (Å²) < 4.78 is 0. The lowest BCUT2D eigenvalue weighted by Crippen LogP contribution is -2.18. The fourth-order valence-electron chi connectivity index (χ4n) is 2.48. The molecule has 3 aromatic rings.